The van der Waals surface area contributed by atoms with Crippen LogP contribution in [0, 0.1) is 30.6 Å². The first-order valence-electron chi connectivity index (χ1n) is 28.4. The molecule has 1 N–H and O–H groups in total. The largest absolute Gasteiger partial charge is 0.391 e. The number of carbonyl (C=O) groups excluding carboxylic acids is 3. The van der Waals surface area contributed by atoms with E-state index in [0.717, 1.165) is 120 Å². The molecule has 2 aliphatic heterocycles. The zero-order valence-electron chi connectivity index (χ0n) is 49.4. The molecule has 0 amide bonds. The molecule has 0 spiro atoms. The van der Waals surface area contributed by atoms with Gasteiger partial charge in [-0.15, -0.1) is 0 Å². The van der Waals surface area contributed by atoms with Crippen molar-refractivity contribution in [1.29, 1.82) is 0 Å². The second-order valence-corrected chi connectivity index (χ2v) is 20.5. The number of Topliss-reactive ketones (excluding diaryl/α,β-unsaturated/α-hetero) is 1. The smallest absolute Gasteiger partial charge is 0.160 e. The van der Waals surface area contributed by atoms with E-state index in [1.165, 1.54) is 55.0 Å². The molecule has 2 heterocycles. The number of carbonyl (C=O) groups is 3. The lowest BCUT2D eigenvalue weighted by Crippen LogP contribution is -2.47. The molecule has 2 saturated heterocycles. The van der Waals surface area contributed by atoms with Gasteiger partial charge in [0.25, 0.3) is 0 Å². The Balaban J connectivity index is 0.00000202. The third-order valence-corrected chi connectivity index (χ3v) is 13.4. The lowest BCUT2D eigenvalue weighted by molar-refractivity contribution is -0.108. The Hall–Kier alpha value is -4.14. The average Bonchev–Trinajstić information content (AvgIpc) is 3.37. The summed E-state index contributed by atoms with van der Waals surface area (Å²) in [6.45, 7) is 42.6. The number of hydrogen-bond acceptors (Lipinski definition) is 7. The Kier molecular flexibility index (Phi) is 37.1. The highest BCUT2D eigenvalue weighted by Crippen LogP contribution is 2.35. The van der Waals surface area contributed by atoms with E-state index < -0.39 is 0 Å². The average molecular weight is 1000 g/mol. The van der Waals surface area contributed by atoms with Crippen molar-refractivity contribution in [2.45, 2.75) is 194 Å². The van der Waals surface area contributed by atoms with Gasteiger partial charge < -0.3 is 15.0 Å². The van der Waals surface area contributed by atoms with Crippen molar-refractivity contribution in [3.63, 3.8) is 0 Å². The number of unbranched alkanes of at least 4 members (excludes halogenated alkanes) is 1. The highest BCUT2D eigenvalue weighted by atomic mass is 19.1. The third-order valence-electron chi connectivity index (χ3n) is 13.4. The molecule has 2 atom stereocenters. The minimum atomic E-state index is -0.236. The van der Waals surface area contributed by atoms with Gasteiger partial charge in [-0.3, -0.25) is 19.4 Å². The quantitative estimate of drug-likeness (QED) is 0.0716. The monoisotopic (exact) mass is 999 g/mol. The molecule has 0 aromatic heterocycles. The SMILES string of the molecule is C/C=C(\C=C(\F)C(C)N1CCC(CCN2CCN(c3ccc(C(C)=O)c(C=O)c3)CC2)CC1)c1ccc(/C(CCCC)=C(/CC)C(C)C)c(C)c1.CC.CC(C)C.CC/C=C(/NC)C(C)CCC=O.CCC. The number of anilines is 1. The van der Waals surface area contributed by atoms with Gasteiger partial charge >= 0.3 is 0 Å². The molecule has 4 rings (SSSR count). The predicted molar refractivity (Wildman–Crippen MR) is 314 cm³/mol. The van der Waals surface area contributed by atoms with Crippen LogP contribution in [0.1, 0.15) is 219 Å². The van der Waals surface area contributed by atoms with Crippen LogP contribution >= 0.6 is 0 Å². The number of hydrogen-bond donors (Lipinski definition) is 1. The standard InChI is InChI=1S/C45H64FN3O2.C10H19NO.C4H10.C3H8.C2H6/c1-9-12-13-44(41(11-3)32(4)5)42-16-14-38(28-33(42)6)37(10-2)30-45(46)34(7)48-22-19-36(20-23-48)18-21-47-24-26-49(27-25-47)40-15-17-43(35(8)51)39(29-40)31-50;1-4-6-10(11-3)9(2)7-5-8-12;1-4(2)3;1-3-2;1-2/h10,14-17,28-32,34,36H,9,11-13,18-27H2,1-8H3;6,8-9,11H,4-5,7H2,1-3H3;4H,1-3H3;3H2,1-2H3;1-2H3/b37-10+,44-41-,45-30+;10-6+;;;. The van der Waals surface area contributed by atoms with Crippen LogP contribution < -0.4 is 10.2 Å². The molecular formula is C64H107FN4O3. The predicted octanol–water partition coefficient (Wildman–Crippen LogP) is 16.8. The Morgan fingerprint density at radius 1 is 0.861 bits per heavy atom. The number of halogens is 1. The second kappa shape index (κ2) is 39.3. The molecule has 0 aliphatic carbocycles. The summed E-state index contributed by atoms with van der Waals surface area (Å²) in [7, 11) is 1.93. The molecule has 72 heavy (non-hydrogen) atoms. The van der Waals surface area contributed by atoms with Crippen LogP contribution in [-0.4, -0.2) is 87.1 Å². The van der Waals surface area contributed by atoms with E-state index in [0.29, 0.717) is 35.3 Å². The molecule has 8 heteroatoms. The lowest BCUT2D eigenvalue weighted by Gasteiger charge is -2.38. The normalized spacial score (nSPS) is 16.1. The summed E-state index contributed by atoms with van der Waals surface area (Å²) in [5.41, 5.74) is 10.9. The zero-order chi connectivity index (χ0) is 54.8. The number of aldehydes is 2. The molecule has 2 fully saturated rings. The fourth-order valence-corrected chi connectivity index (χ4v) is 9.38. The van der Waals surface area contributed by atoms with Gasteiger partial charge in [0.2, 0.25) is 0 Å². The third kappa shape index (κ3) is 24.7. The van der Waals surface area contributed by atoms with Crippen LogP contribution in [0.3, 0.4) is 0 Å². The minimum absolute atomic E-state index is 0.0612. The highest BCUT2D eigenvalue weighted by Gasteiger charge is 2.27. The molecule has 2 aromatic carbocycles. The van der Waals surface area contributed by atoms with Gasteiger partial charge in [0.05, 0.1) is 6.04 Å². The van der Waals surface area contributed by atoms with Gasteiger partial charge in [0.1, 0.15) is 12.1 Å². The maximum Gasteiger partial charge on any atom is 0.160 e. The summed E-state index contributed by atoms with van der Waals surface area (Å²) in [6, 6.07) is 12.1. The number of ketones is 1. The summed E-state index contributed by atoms with van der Waals surface area (Å²) in [5.74, 6) is 2.36. The van der Waals surface area contributed by atoms with Crippen LogP contribution in [0.2, 0.25) is 0 Å². The van der Waals surface area contributed by atoms with Crippen LogP contribution in [0.4, 0.5) is 10.1 Å². The number of nitrogens with one attached hydrogen (secondary N) is 1. The summed E-state index contributed by atoms with van der Waals surface area (Å²) in [5, 5.41) is 3.16. The number of allylic oxidation sites excluding steroid dienone is 7. The molecule has 2 aliphatic rings. The van der Waals surface area contributed by atoms with E-state index >= 15 is 4.39 Å². The van der Waals surface area contributed by atoms with Gasteiger partial charge in [-0.2, -0.15) is 0 Å². The van der Waals surface area contributed by atoms with Gasteiger partial charge in [0, 0.05) is 62.2 Å². The first-order chi connectivity index (χ1) is 34.4. The van der Waals surface area contributed by atoms with Crippen molar-refractivity contribution in [3.8, 4) is 0 Å². The number of piperidine rings is 1. The maximum atomic E-state index is 15.9. The molecular weight excluding hydrogens is 892 g/mol. The topological polar surface area (TPSA) is 73.0 Å². The number of likely N-dealkylation sites (tertiary alicyclic amines) is 1. The number of rotatable bonds is 22. The van der Waals surface area contributed by atoms with Crippen molar-refractivity contribution in [2.75, 3.05) is 57.8 Å². The second-order valence-electron chi connectivity index (χ2n) is 20.5. The van der Waals surface area contributed by atoms with Crippen LogP contribution in [-0.2, 0) is 4.79 Å². The van der Waals surface area contributed by atoms with Gasteiger partial charge in [-0.05, 0) is 174 Å². The summed E-state index contributed by atoms with van der Waals surface area (Å²) >= 11 is 0. The van der Waals surface area contributed by atoms with E-state index in [2.05, 4.69) is 127 Å². The Morgan fingerprint density at radius 3 is 1.93 bits per heavy atom. The molecule has 0 saturated carbocycles. The number of piperazine rings is 1. The Labute approximate surface area is 442 Å². The van der Waals surface area contributed by atoms with Crippen LogP contribution in [0.15, 0.2) is 71.7 Å². The maximum absolute atomic E-state index is 15.9. The molecule has 2 unspecified atom stereocenters. The molecule has 7 nitrogen and oxygen atoms in total. The van der Waals surface area contributed by atoms with Gasteiger partial charge in [-0.1, -0.05) is 139 Å². The molecule has 2 aromatic rings. The molecule has 0 bridgehead atoms. The lowest BCUT2D eigenvalue weighted by atomic mass is 9.85. The van der Waals surface area contributed by atoms with Crippen molar-refractivity contribution in [3.05, 3.63) is 99.5 Å². The summed E-state index contributed by atoms with van der Waals surface area (Å²) in [4.78, 5) is 40.7. The van der Waals surface area contributed by atoms with Crippen LogP contribution in [0.25, 0.3) is 11.1 Å². The van der Waals surface area contributed by atoms with Crippen LogP contribution in [0.5, 0.6) is 0 Å². The van der Waals surface area contributed by atoms with E-state index in [1.54, 1.807) is 17.7 Å². The zero-order valence-corrected chi connectivity index (χ0v) is 49.4. The van der Waals surface area contributed by atoms with Crippen molar-refractivity contribution >= 4 is 35.2 Å². The summed E-state index contributed by atoms with van der Waals surface area (Å²) in [6.07, 6.45) is 19.6. The van der Waals surface area contributed by atoms with Gasteiger partial charge in [-0.25, -0.2) is 4.39 Å². The van der Waals surface area contributed by atoms with E-state index in [1.807, 2.05) is 53.0 Å². The summed E-state index contributed by atoms with van der Waals surface area (Å²) < 4.78 is 15.9. The molecule has 408 valence electrons. The van der Waals surface area contributed by atoms with Crippen molar-refractivity contribution in [1.82, 2.24) is 15.1 Å². The highest BCUT2D eigenvalue weighted by molar-refractivity contribution is 6.02. The van der Waals surface area contributed by atoms with E-state index in [-0.39, 0.29) is 17.7 Å². The first-order valence-corrected chi connectivity index (χ1v) is 28.4. The minimum Gasteiger partial charge on any atom is -0.391 e. The van der Waals surface area contributed by atoms with E-state index in [9.17, 15) is 14.4 Å². The van der Waals surface area contributed by atoms with Crippen molar-refractivity contribution in [2.24, 2.45) is 23.7 Å². The molecule has 0 radical (unpaired) electrons. The van der Waals surface area contributed by atoms with E-state index in [4.69, 9.17) is 0 Å². The van der Waals surface area contributed by atoms with Gasteiger partial charge in [0.15, 0.2) is 12.1 Å². The number of benzene rings is 2. The first kappa shape index (κ1) is 67.9. The van der Waals surface area contributed by atoms with Crippen molar-refractivity contribution < 1.29 is 18.8 Å². The number of aryl methyl sites for hydroxylation is 1. The fraction of sp³-hybridized carbons (Fsp3) is 0.641. The number of nitrogens with zero attached hydrogens (tertiary/aromatic N) is 3. The fourth-order valence-electron chi connectivity index (χ4n) is 9.38. The Bertz CT molecular complexity index is 1940. The Morgan fingerprint density at radius 2 is 1.46 bits per heavy atom.